The van der Waals surface area contributed by atoms with Gasteiger partial charge in [0.25, 0.3) is 5.91 Å². The molecule has 222 valence electrons. The summed E-state index contributed by atoms with van der Waals surface area (Å²) in [6.07, 6.45) is -19.0. The molecule has 3 aromatic carbocycles. The SMILES string of the molecule is NC(=O)c1ccc(F)cc1.O=C(Nc1c(Br)cc(C(F)(C(F)(F)F)C(F)(F)F)cc1C(F)(F)F)c1ccccc1F. The lowest BCUT2D eigenvalue weighted by atomic mass is 9.92. The van der Waals surface area contributed by atoms with Crippen LogP contribution in [0.4, 0.5) is 58.4 Å². The van der Waals surface area contributed by atoms with E-state index in [1.807, 2.05) is 0 Å². The predicted octanol–water partition coefficient (Wildman–Crippen LogP) is 8.07. The predicted molar refractivity (Wildman–Crippen MR) is 123 cm³/mol. The van der Waals surface area contributed by atoms with Crippen LogP contribution in [-0.2, 0) is 11.8 Å². The van der Waals surface area contributed by atoms with E-state index in [4.69, 9.17) is 5.73 Å². The lowest BCUT2D eigenvalue weighted by Gasteiger charge is -2.31. The smallest absolute Gasteiger partial charge is 0.366 e. The van der Waals surface area contributed by atoms with Crippen LogP contribution in [0.5, 0.6) is 0 Å². The van der Waals surface area contributed by atoms with Crippen molar-refractivity contribution in [3.63, 3.8) is 0 Å². The second kappa shape index (κ2) is 12.0. The second-order valence-electron chi connectivity index (χ2n) is 7.84. The summed E-state index contributed by atoms with van der Waals surface area (Å²) in [6.45, 7) is 0. The third-order valence-electron chi connectivity index (χ3n) is 5.06. The number of nitrogens with two attached hydrogens (primary N) is 1. The first-order valence-electron chi connectivity index (χ1n) is 10.5. The van der Waals surface area contributed by atoms with E-state index < -0.39 is 74.7 Å². The summed E-state index contributed by atoms with van der Waals surface area (Å²) in [4.78, 5) is 22.5. The van der Waals surface area contributed by atoms with Gasteiger partial charge in [-0.3, -0.25) is 9.59 Å². The van der Waals surface area contributed by atoms with E-state index in [1.54, 1.807) is 5.32 Å². The first kappa shape index (κ1) is 33.4. The number of hydrogen-bond acceptors (Lipinski definition) is 2. The number of carbonyl (C=O) groups excluding carboxylic acids is 2. The standard InChI is InChI=1S/C17H7BrF11NO.C7H6FNO/c18-10-6-7(14(20,16(24,25)26)17(27,28)29)5-9(15(21,22)23)12(10)30-13(31)8-3-1-2-4-11(8)19;8-6-3-1-5(2-4-6)7(9)10/h1-6H,(H,30,31);1-4H,(H2,9,10). The van der Waals surface area contributed by atoms with Crippen molar-refractivity contribution in [2.75, 3.05) is 5.32 Å². The Morgan fingerprint density at radius 2 is 1.27 bits per heavy atom. The molecule has 0 aromatic heterocycles. The lowest BCUT2D eigenvalue weighted by molar-refractivity contribution is -0.348. The van der Waals surface area contributed by atoms with Crippen LogP contribution < -0.4 is 11.1 Å². The number of halogens is 13. The Hall–Kier alpha value is -3.76. The van der Waals surface area contributed by atoms with Crippen molar-refractivity contribution in [1.82, 2.24) is 0 Å². The topological polar surface area (TPSA) is 72.2 Å². The van der Waals surface area contributed by atoms with Crippen LogP contribution >= 0.6 is 15.9 Å². The largest absolute Gasteiger partial charge is 0.435 e. The summed E-state index contributed by atoms with van der Waals surface area (Å²) in [5.74, 6) is -3.57. The molecule has 0 bridgehead atoms. The minimum absolute atomic E-state index is 0.201. The molecule has 41 heavy (non-hydrogen) atoms. The molecule has 0 aliphatic rings. The molecule has 0 radical (unpaired) electrons. The van der Waals surface area contributed by atoms with Crippen molar-refractivity contribution in [2.24, 2.45) is 5.73 Å². The maximum absolute atomic E-state index is 14.2. The maximum Gasteiger partial charge on any atom is 0.435 e. The summed E-state index contributed by atoms with van der Waals surface area (Å²) < 4.78 is 157. The quantitative estimate of drug-likeness (QED) is 0.276. The van der Waals surface area contributed by atoms with E-state index in [0.717, 1.165) is 24.3 Å². The van der Waals surface area contributed by atoms with Crippen molar-refractivity contribution in [3.8, 4) is 0 Å². The van der Waals surface area contributed by atoms with Crippen LogP contribution in [0, 0.1) is 11.6 Å². The molecular formula is C24H13BrF12N2O2. The minimum atomic E-state index is -6.66. The van der Waals surface area contributed by atoms with Gasteiger partial charge in [-0.05, 0) is 64.5 Å². The number of carbonyl (C=O) groups is 2. The van der Waals surface area contributed by atoms with Crippen LogP contribution in [0.3, 0.4) is 0 Å². The van der Waals surface area contributed by atoms with Crippen molar-refractivity contribution in [1.29, 1.82) is 0 Å². The molecule has 0 atom stereocenters. The van der Waals surface area contributed by atoms with E-state index in [0.29, 0.717) is 5.56 Å². The average Bonchev–Trinajstić information content (AvgIpc) is 2.83. The number of anilines is 1. The van der Waals surface area contributed by atoms with Gasteiger partial charge in [0.05, 0.1) is 16.8 Å². The van der Waals surface area contributed by atoms with E-state index in [-0.39, 0.29) is 11.9 Å². The van der Waals surface area contributed by atoms with Gasteiger partial charge in [0.1, 0.15) is 11.6 Å². The van der Waals surface area contributed by atoms with Crippen LogP contribution in [0.2, 0.25) is 0 Å². The monoisotopic (exact) mass is 668 g/mol. The summed E-state index contributed by atoms with van der Waals surface area (Å²) in [7, 11) is 0. The van der Waals surface area contributed by atoms with Gasteiger partial charge in [-0.15, -0.1) is 0 Å². The van der Waals surface area contributed by atoms with Gasteiger partial charge in [-0.25, -0.2) is 13.2 Å². The van der Waals surface area contributed by atoms with Gasteiger partial charge < -0.3 is 11.1 Å². The molecule has 17 heteroatoms. The maximum atomic E-state index is 14.2. The fraction of sp³-hybridized carbons (Fsp3) is 0.167. The van der Waals surface area contributed by atoms with Gasteiger partial charge in [0.15, 0.2) is 0 Å². The zero-order chi connectivity index (χ0) is 31.6. The third-order valence-corrected chi connectivity index (χ3v) is 5.69. The molecule has 3 N–H and O–H groups in total. The lowest BCUT2D eigenvalue weighted by Crippen LogP contribution is -2.50. The normalized spacial score (nSPS) is 12.3. The number of alkyl halides is 10. The van der Waals surface area contributed by atoms with E-state index in [2.05, 4.69) is 15.9 Å². The zero-order valence-corrected chi connectivity index (χ0v) is 21.2. The Morgan fingerprint density at radius 1 is 0.756 bits per heavy atom. The van der Waals surface area contributed by atoms with E-state index in [9.17, 15) is 62.3 Å². The zero-order valence-electron chi connectivity index (χ0n) is 19.6. The molecule has 0 fully saturated rings. The minimum Gasteiger partial charge on any atom is -0.366 e. The summed E-state index contributed by atoms with van der Waals surface area (Å²) in [5.41, 5.74) is -7.67. The van der Waals surface area contributed by atoms with Gasteiger partial charge >= 0.3 is 24.2 Å². The molecule has 4 nitrogen and oxygen atoms in total. The van der Waals surface area contributed by atoms with Gasteiger partial charge in [0, 0.05) is 15.6 Å². The molecule has 0 saturated heterocycles. The Kier molecular flexibility index (Phi) is 9.79. The number of primary amides is 1. The van der Waals surface area contributed by atoms with Crippen LogP contribution in [-0.4, -0.2) is 24.2 Å². The molecule has 3 aromatic rings. The van der Waals surface area contributed by atoms with Gasteiger partial charge in [-0.1, -0.05) is 12.1 Å². The summed E-state index contributed by atoms with van der Waals surface area (Å²) >= 11 is 2.33. The number of nitrogens with one attached hydrogen (secondary N) is 1. The Labute approximate surface area is 230 Å². The molecular weight excluding hydrogens is 656 g/mol. The first-order chi connectivity index (χ1) is 18.6. The molecule has 3 rings (SSSR count). The molecule has 0 heterocycles. The molecule has 0 aliphatic heterocycles. The Bertz CT molecular complexity index is 1400. The summed E-state index contributed by atoms with van der Waals surface area (Å²) in [5, 5.41) is 1.57. The highest BCUT2D eigenvalue weighted by Gasteiger charge is 2.73. The summed E-state index contributed by atoms with van der Waals surface area (Å²) in [6, 6.07) is 8.09. The number of hydrogen-bond donors (Lipinski definition) is 2. The van der Waals surface area contributed by atoms with Crippen molar-refractivity contribution >= 4 is 33.4 Å². The molecule has 2 amide bonds. The highest BCUT2D eigenvalue weighted by Crippen LogP contribution is 2.55. The third kappa shape index (κ3) is 7.51. The van der Waals surface area contributed by atoms with Gasteiger partial charge in [0.2, 0.25) is 5.91 Å². The second-order valence-corrected chi connectivity index (χ2v) is 8.69. The number of rotatable bonds is 4. The highest BCUT2D eigenvalue weighted by atomic mass is 79.9. The van der Waals surface area contributed by atoms with Crippen molar-refractivity contribution in [3.05, 3.63) is 99.0 Å². The van der Waals surface area contributed by atoms with E-state index in [1.165, 1.54) is 24.3 Å². The van der Waals surface area contributed by atoms with Crippen LogP contribution in [0.15, 0.2) is 65.1 Å². The van der Waals surface area contributed by atoms with Crippen molar-refractivity contribution in [2.45, 2.75) is 24.2 Å². The van der Waals surface area contributed by atoms with Crippen molar-refractivity contribution < 1.29 is 62.3 Å². The molecule has 0 spiro atoms. The number of amides is 2. The molecule has 0 aliphatic carbocycles. The van der Waals surface area contributed by atoms with E-state index >= 15 is 0 Å². The fourth-order valence-corrected chi connectivity index (χ4v) is 3.64. The van der Waals surface area contributed by atoms with Gasteiger partial charge in [-0.2, -0.15) is 39.5 Å². The van der Waals surface area contributed by atoms with Crippen LogP contribution in [0.25, 0.3) is 0 Å². The number of benzene rings is 3. The highest BCUT2D eigenvalue weighted by molar-refractivity contribution is 9.10. The first-order valence-corrected chi connectivity index (χ1v) is 11.3. The molecule has 0 unspecified atom stereocenters. The fourth-order valence-electron chi connectivity index (χ4n) is 3.08. The average molecular weight is 669 g/mol. The Morgan fingerprint density at radius 3 is 1.71 bits per heavy atom. The van der Waals surface area contributed by atoms with Crippen LogP contribution in [0.1, 0.15) is 31.8 Å². The Balaban J connectivity index is 0.000000493. The molecule has 0 saturated carbocycles.